The summed E-state index contributed by atoms with van der Waals surface area (Å²) in [7, 11) is 1.69. The molecule has 0 saturated heterocycles. The number of carbonyl (C=O) groups excluding carboxylic acids is 2. The summed E-state index contributed by atoms with van der Waals surface area (Å²) >= 11 is 0. The lowest BCUT2D eigenvalue weighted by atomic mass is 9.68. The quantitative estimate of drug-likeness (QED) is 0.101. The number of carbonyl (C=O) groups is 2. The summed E-state index contributed by atoms with van der Waals surface area (Å²) in [6.45, 7) is 2.00. The Kier molecular flexibility index (Phi) is 11.9. The predicted octanol–water partition coefficient (Wildman–Crippen LogP) is 15.9. The molecule has 10 aromatic rings. The molecule has 0 unspecified atom stereocenters. The van der Waals surface area contributed by atoms with Gasteiger partial charge in [-0.1, -0.05) is 133 Å². The first-order chi connectivity index (χ1) is 34.8. The molecule has 0 amide bonds. The third-order valence-corrected chi connectivity index (χ3v) is 13.2. The van der Waals surface area contributed by atoms with Gasteiger partial charge in [-0.15, -0.1) is 0 Å². The summed E-state index contributed by atoms with van der Waals surface area (Å²) in [5, 5.41) is 0. The largest absolute Gasteiger partial charge is 0.497 e. The van der Waals surface area contributed by atoms with Crippen LogP contribution in [0.4, 0.5) is 0 Å². The van der Waals surface area contributed by atoms with Gasteiger partial charge in [-0.3, -0.25) is 9.59 Å². The summed E-state index contributed by atoms with van der Waals surface area (Å²) < 4.78 is 24.6. The number of fused-ring (bicyclic) bond motifs is 3. The van der Waals surface area contributed by atoms with Crippen LogP contribution in [0.5, 0.6) is 40.2 Å². The maximum absolute atomic E-state index is 13.7. The van der Waals surface area contributed by atoms with Crippen LogP contribution < -0.4 is 18.9 Å². The van der Waals surface area contributed by atoms with Crippen molar-refractivity contribution in [3.8, 4) is 62.5 Å². The van der Waals surface area contributed by atoms with Gasteiger partial charge in [-0.05, 0) is 161 Å². The number of hydrogen-bond donors (Lipinski definition) is 0. The fourth-order valence-corrected chi connectivity index (χ4v) is 9.60. The van der Waals surface area contributed by atoms with Gasteiger partial charge >= 0.3 is 0 Å². The Morgan fingerprint density at radius 2 is 0.732 bits per heavy atom. The molecule has 0 aliphatic heterocycles. The standard InChI is InChI=1S/C65H46O6/c1-43-16-18-45(19-17-43)63(66)48-24-34-55(35-25-48)71-62-41-40-56(42-59(62)44-10-4-3-5-11-44)70-53-32-22-47(23-33-53)64(67)46-20-30-52(31-21-46)69-54-38-28-50(29-39-54)65(49-26-36-51(68-2)37-27-49)60-14-8-6-12-57(60)58-13-7-9-15-61(58)65/h3-42H,1-2H3. The minimum Gasteiger partial charge on any atom is -0.497 e. The Balaban J connectivity index is 0.770. The Bertz CT molecular complexity index is 3480. The second kappa shape index (κ2) is 19.0. The SMILES string of the molecule is COc1ccc(C2(c3ccc(Oc4ccc(C(=O)c5ccc(Oc6ccc(Oc7ccc(C(=O)c8ccc(C)cc8)cc7)c(-c7ccccc7)c6)cc5)cc4)cc3)c3ccccc3-c3ccccc32)cc1. The van der Waals surface area contributed by atoms with Gasteiger partial charge in [-0.2, -0.15) is 0 Å². The van der Waals surface area contributed by atoms with Crippen LogP contribution in [0.2, 0.25) is 0 Å². The van der Waals surface area contributed by atoms with Crippen molar-refractivity contribution in [2.24, 2.45) is 0 Å². The molecular weight excluding hydrogens is 877 g/mol. The van der Waals surface area contributed by atoms with E-state index in [-0.39, 0.29) is 11.6 Å². The van der Waals surface area contributed by atoms with Gasteiger partial charge in [0.05, 0.1) is 12.5 Å². The van der Waals surface area contributed by atoms with Gasteiger partial charge in [0, 0.05) is 27.8 Å². The van der Waals surface area contributed by atoms with E-state index in [1.54, 1.807) is 67.8 Å². The first kappa shape index (κ1) is 44.3. The van der Waals surface area contributed by atoms with E-state index in [2.05, 4.69) is 72.8 Å². The van der Waals surface area contributed by atoms with Crippen LogP contribution in [-0.4, -0.2) is 18.7 Å². The van der Waals surface area contributed by atoms with Gasteiger partial charge in [-0.25, -0.2) is 0 Å². The van der Waals surface area contributed by atoms with Crippen molar-refractivity contribution >= 4 is 11.6 Å². The van der Waals surface area contributed by atoms with Crippen molar-refractivity contribution in [3.63, 3.8) is 0 Å². The molecule has 1 aliphatic carbocycles. The van der Waals surface area contributed by atoms with Crippen LogP contribution in [0, 0.1) is 6.92 Å². The normalized spacial score (nSPS) is 12.0. The fraction of sp³-hybridized carbons (Fsp3) is 0.0462. The molecule has 0 bridgehead atoms. The number of ketones is 2. The molecule has 0 radical (unpaired) electrons. The third kappa shape index (κ3) is 8.64. The Morgan fingerprint density at radius 1 is 0.352 bits per heavy atom. The first-order valence-corrected chi connectivity index (χ1v) is 23.5. The molecule has 342 valence electrons. The highest BCUT2D eigenvalue weighted by Gasteiger charge is 2.45. The van der Waals surface area contributed by atoms with Crippen LogP contribution in [-0.2, 0) is 5.41 Å². The monoisotopic (exact) mass is 922 g/mol. The maximum Gasteiger partial charge on any atom is 0.193 e. The molecule has 0 aromatic heterocycles. The molecule has 0 saturated carbocycles. The molecule has 0 fully saturated rings. The first-order valence-electron chi connectivity index (χ1n) is 23.5. The summed E-state index contributed by atoms with van der Waals surface area (Å²) in [5.74, 6) is 4.36. The van der Waals surface area contributed by atoms with Crippen molar-refractivity contribution in [1.82, 2.24) is 0 Å². The van der Waals surface area contributed by atoms with E-state index in [1.807, 2.05) is 116 Å². The molecule has 0 spiro atoms. The zero-order valence-electron chi connectivity index (χ0n) is 39.0. The van der Waals surface area contributed by atoms with Gasteiger partial charge in [0.2, 0.25) is 0 Å². The highest BCUT2D eigenvalue weighted by atomic mass is 16.5. The van der Waals surface area contributed by atoms with E-state index in [9.17, 15) is 9.59 Å². The molecule has 10 aromatic carbocycles. The van der Waals surface area contributed by atoms with Gasteiger partial charge < -0.3 is 18.9 Å². The van der Waals surface area contributed by atoms with Gasteiger partial charge in [0.1, 0.15) is 40.2 Å². The van der Waals surface area contributed by atoms with Crippen molar-refractivity contribution in [1.29, 1.82) is 0 Å². The average molecular weight is 923 g/mol. The molecule has 0 N–H and O–H groups in total. The van der Waals surface area contributed by atoms with Crippen LogP contribution in [0.15, 0.2) is 243 Å². The van der Waals surface area contributed by atoms with E-state index in [0.717, 1.165) is 33.6 Å². The Labute approximate surface area is 413 Å². The number of hydrogen-bond acceptors (Lipinski definition) is 6. The number of benzene rings is 10. The van der Waals surface area contributed by atoms with E-state index >= 15 is 0 Å². The summed E-state index contributed by atoms with van der Waals surface area (Å²) in [6.07, 6.45) is 0. The number of aryl methyl sites for hydroxylation is 1. The summed E-state index contributed by atoms with van der Waals surface area (Å²) in [6, 6.07) is 78.7. The van der Waals surface area contributed by atoms with Crippen LogP contribution in [0.25, 0.3) is 22.3 Å². The van der Waals surface area contributed by atoms with Crippen molar-refractivity contribution in [2.45, 2.75) is 12.3 Å². The molecule has 6 heteroatoms. The van der Waals surface area contributed by atoms with Crippen LogP contribution in [0.1, 0.15) is 59.7 Å². The topological polar surface area (TPSA) is 71.1 Å². The zero-order valence-corrected chi connectivity index (χ0v) is 39.0. The van der Waals surface area contributed by atoms with E-state index in [1.165, 1.54) is 22.3 Å². The minimum absolute atomic E-state index is 0.0441. The van der Waals surface area contributed by atoms with E-state index in [0.29, 0.717) is 56.8 Å². The lowest BCUT2D eigenvalue weighted by Crippen LogP contribution is -2.28. The Hall–Kier alpha value is -9.26. The molecule has 6 nitrogen and oxygen atoms in total. The average Bonchev–Trinajstić information content (AvgIpc) is 3.73. The van der Waals surface area contributed by atoms with Crippen LogP contribution in [0.3, 0.4) is 0 Å². The lowest BCUT2D eigenvalue weighted by Gasteiger charge is -2.34. The highest BCUT2D eigenvalue weighted by Crippen LogP contribution is 2.56. The van der Waals surface area contributed by atoms with E-state index in [4.69, 9.17) is 18.9 Å². The third-order valence-electron chi connectivity index (χ3n) is 13.2. The fourth-order valence-electron chi connectivity index (χ4n) is 9.60. The molecular formula is C65H46O6. The summed E-state index contributed by atoms with van der Waals surface area (Å²) in [4.78, 5) is 26.8. The molecule has 0 atom stereocenters. The molecule has 71 heavy (non-hydrogen) atoms. The smallest absolute Gasteiger partial charge is 0.193 e. The van der Waals surface area contributed by atoms with E-state index < -0.39 is 5.41 Å². The second-order valence-corrected chi connectivity index (χ2v) is 17.5. The van der Waals surface area contributed by atoms with Crippen molar-refractivity contribution < 1.29 is 28.5 Å². The predicted molar refractivity (Wildman–Crippen MR) is 280 cm³/mol. The Morgan fingerprint density at radius 3 is 1.21 bits per heavy atom. The van der Waals surface area contributed by atoms with Gasteiger partial charge in [0.15, 0.2) is 11.6 Å². The zero-order chi connectivity index (χ0) is 48.3. The second-order valence-electron chi connectivity index (χ2n) is 17.5. The maximum atomic E-state index is 13.7. The number of ether oxygens (including phenoxy) is 4. The van der Waals surface area contributed by atoms with Crippen molar-refractivity contribution in [3.05, 3.63) is 293 Å². The lowest BCUT2D eigenvalue weighted by molar-refractivity contribution is 0.103. The number of methoxy groups -OCH3 is 1. The van der Waals surface area contributed by atoms with Gasteiger partial charge in [0.25, 0.3) is 0 Å². The molecule has 0 heterocycles. The molecule has 1 aliphatic rings. The summed E-state index contributed by atoms with van der Waals surface area (Å²) in [5.41, 5.74) is 11.8. The highest BCUT2D eigenvalue weighted by molar-refractivity contribution is 6.09. The van der Waals surface area contributed by atoms with Crippen LogP contribution >= 0.6 is 0 Å². The minimum atomic E-state index is -0.541. The van der Waals surface area contributed by atoms with Crippen molar-refractivity contribution in [2.75, 3.05) is 7.11 Å². The number of rotatable bonds is 14. The molecule has 11 rings (SSSR count).